The fourth-order valence-corrected chi connectivity index (χ4v) is 1.71. The van der Waals surface area contributed by atoms with Gasteiger partial charge in [0.25, 0.3) is 0 Å². The lowest BCUT2D eigenvalue weighted by Gasteiger charge is -2.12. The van der Waals surface area contributed by atoms with Gasteiger partial charge in [0.15, 0.2) is 0 Å². The fourth-order valence-electron chi connectivity index (χ4n) is 1.71. The van der Waals surface area contributed by atoms with Gasteiger partial charge < -0.3 is 5.21 Å². The molecule has 1 aromatic carbocycles. The van der Waals surface area contributed by atoms with E-state index >= 15 is 0 Å². The van der Waals surface area contributed by atoms with E-state index in [0.717, 1.165) is 16.7 Å². The molecule has 1 rings (SSSR count). The van der Waals surface area contributed by atoms with Crippen molar-refractivity contribution in [3.05, 3.63) is 43.6 Å². The molecule has 0 atom stereocenters. The first kappa shape index (κ1) is 10.6. The summed E-state index contributed by atoms with van der Waals surface area (Å²) in [6.45, 7) is 10.2. The third-order valence-electron chi connectivity index (χ3n) is 3.16. The van der Waals surface area contributed by atoms with Gasteiger partial charge in [0.05, 0.1) is 0 Å². The lowest BCUT2D eigenvalue weighted by molar-refractivity contribution is 1.16. The summed E-state index contributed by atoms with van der Waals surface area (Å²) in [5.41, 5.74) is 6.78. The largest absolute Gasteiger partial charge is 0.498 e. The Bertz CT molecular complexity index is 407. The van der Waals surface area contributed by atoms with E-state index in [1.165, 1.54) is 16.7 Å². The maximum atomic E-state index is 10.2. The van der Waals surface area contributed by atoms with Gasteiger partial charge in [-0.05, 0) is 62.4 Å². The van der Waals surface area contributed by atoms with Crippen molar-refractivity contribution in [3.63, 3.8) is 0 Å². The predicted octanol–water partition coefficient (Wildman–Crippen LogP) is 3.41. The molecule has 0 saturated carbocycles. The average Bonchev–Trinajstić information content (AvgIpc) is 2.19. The monoisotopic (exact) mass is 189 g/mol. The van der Waals surface area contributed by atoms with Crippen molar-refractivity contribution in [2.75, 3.05) is 0 Å². The maximum Gasteiger partial charge on any atom is 0.337 e. The molecule has 2 nitrogen and oxygen atoms in total. The molecule has 2 heteroatoms. The lowest BCUT2D eigenvalue weighted by atomic mass is 9.90. The van der Waals surface area contributed by atoms with Crippen LogP contribution in [-0.4, -0.2) is 0 Å². The minimum atomic E-state index is 0.848. The molecule has 0 aromatic heterocycles. The highest BCUT2D eigenvalue weighted by atomic mass is 16.4. The number of hydrogen-bond acceptors (Lipinski definition) is 1. The number of rotatable bonds is 0. The summed E-state index contributed by atoms with van der Waals surface area (Å²) in [4.78, 5) is 0. The molecule has 0 aliphatic rings. The van der Waals surface area contributed by atoms with Crippen molar-refractivity contribution in [2.24, 2.45) is 0 Å². The normalized spacial score (nSPS) is 9.50. The van der Waals surface area contributed by atoms with Crippen molar-refractivity contribution >= 4 is 0 Å². The zero-order valence-electron chi connectivity index (χ0n) is 9.36. The van der Waals surface area contributed by atoms with Gasteiger partial charge in [-0.3, -0.25) is 0 Å². The van der Waals surface area contributed by atoms with Gasteiger partial charge in [-0.25, -0.2) is 0 Å². The van der Waals surface area contributed by atoms with E-state index in [4.69, 9.17) is 0 Å². The van der Waals surface area contributed by atoms with E-state index < -0.39 is 0 Å². The Kier molecular flexibility index (Phi) is 2.81. The second-order valence-corrected chi connectivity index (χ2v) is 3.70. The van der Waals surface area contributed by atoms with Crippen LogP contribution in [0.3, 0.4) is 0 Å². The predicted molar refractivity (Wildman–Crippen MR) is 59.8 cm³/mol. The van der Waals surface area contributed by atoms with E-state index in [2.05, 4.69) is 31.8 Å². The highest BCUT2D eigenvalue weighted by molar-refractivity contribution is 5.55. The molecular formula is C12H15NO. The summed E-state index contributed by atoms with van der Waals surface area (Å²) in [7, 11) is 0. The molecule has 1 aromatic rings. The van der Waals surface area contributed by atoms with E-state index in [0.29, 0.717) is 0 Å². The van der Waals surface area contributed by atoms with Crippen molar-refractivity contribution in [1.82, 2.24) is 0 Å². The molecule has 0 unspecified atom stereocenters. The number of nitrogens with zero attached hydrogens (tertiary/aromatic N) is 1. The smallest absolute Gasteiger partial charge is 0.337 e. The number of benzene rings is 1. The Morgan fingerprint density at radius 1 is 0.786 bits per heavy atom. The Hall–Kier alpha value is -1.49. The third-order valence-corrected chi connectivity index (χ3v) is 3.16. The van der Waals surface area contributed by atoms with Crippen molar-refractivity contribution < 1.29 is 0 Å². The van der Waals surface area contributed by atoms with Gasteiger partial charge in [-0.1, -0.05) is 0 Å². The SMILES string of the molecule is Cc1c(C)c(C)c(C#[N+][O-])c(C)c1C. The quantitative estimate of drug-likeness (QED) is 0.575. The molecule has 0 N–H and O–H groups in total. The summed E-state index contributed by atoms with van der Waals surface area (Å²) in [5.74, 6) is 0. The number of hydrogen-bond donors (Lipinski definition) is 0. The minimum absolute atomic E-state index is 0.848. The van der Waals surface area contributed by atoms with Crippen LogP contribution in [-0.2, 0) is 0 Å². The first-order chi connectivity index (χ1) is 6.50. The average molecular weight is 189 g/mol. The molecule has 14 heavy (non-hydrogen) atoms. The van der Waals surface area contributed by atoms with Crippen molar-refractivity contribution in [3.8, 4) is 6.07 Å². The molecule has 0 amide bonds. The summed E-state index contributed by atoms with van der Waals surface area (Å²) in [6, 6.07) is 2.52. The van der Waals surface area contributed by atoms with Gasteiger partial charge >= 0.3 is 6.07 Å². The molecule has 0 aliphatic carbocycles. The summed E-state index contributed by atoms with van der Waals surface area (Å²) < 4.78 is 0. The molecule has 74 valence electrons. The van der Waals surface area contributed by atoms with Crippen molar-refractivity contribution in [1.29, 1.82) is 0 Å². The summed E-state index contributed by atoms with van der Waals surface area (Å²) in [6.07, 6.45) is 0. The second-order valence-electron chi connectivity index (χ2n) is 3.70. The molecule has 0 spiro atoms. The highest BCUT2D eigenvalue weighted by Crippen LogP contribution is 2.25. The molecule has 0 radical (unpaired) electrons. The third kappa shape index (κ3) is 1.46. The van der Waals surface area contributed by atoms with Crippen LogP contribution in [0.5, 0.6) is 0 Å². The lowest BCUT2D eigenvalue weighted by Crippen LogP contribution is -1.99. The van der Waals surface area contributed by atoms with E-state index in [1.807, 2.05) is 13.8 Å². The van der Waals surface area contributed by atoms with Crippen LogP contribution < -0.4 is 0 Å². The maximum absolute atomic E-state index is 10.2. The van der Waals surface area contributed by atoms with Gasteiger partial charge in [0, 0.05) is 5.01 Å². The van der Waals surface area contributed by atoms with Crippen LogP contribution in [0.1, 0.15) is 33.4 Å². The van der Waals surface area contributed by atoms with E-state index in [-0.39, 0.29) is 0 Å². The first-order valence-corrected chi connectivity index (χ1v) is 4.66. The zero-order chi connectivity index (χ0) is 10.9. The molecule has 0 bridgehead atoms. The minimum Gasteiger partial charge on any atom is -0.498 e. The van der Waals surface area contributed by atoms with Crippen molar-refractivity contribution in [2.45, 2.75) is 34.6 Å². The zero-order valence-corrected chi connectivity index (χ0v) is 9.36. The Balaban J connectivity index is 3.65. The Labute approximate surface area is 85.0 Å². The standard InChI is InChI=1S/C12H15NO/c1-7-8(2)10(4)12(6-13-14)11(5)9(7)3/h1-5H3. The molecular weight excluding hydrogens is 174 g/mol. The van der Waals surface area contributed by atoms with E-state index in [9.17, 15) is 5.21 Å². The van der Waals surface area contributed by atoms with Crippen LogP contribution in [0.15, 0.2) is 0 Å². The fraction of sp³-hybridized carbons (Fsp3) is 0.417. The Morgan fingerprint density at radius 2 is 1.14 bits per heavy atom. The topological polar surface area (TPSA) is 27.4 Å². The van der Waals surface area contributed by atoms with Crippen LogP contribution in [0.4, 0.5) is 0 Å². The highest BCUT2D eigenvalue weighted by Gasteiger charge is 2.13. The second kappa shape index (κ2) is 3.71. The molecule has 0 aliphatic heterocycles. The van der Waals surface area contributed by atoms with Gasteiger partial charge in [0.1, 0.15) is 5.56 Å². The van der Waals surface area contributed by atoms with Crippen LogP contribution >= 0.6 is 0 Å². The molecule has 0 fully saturated rings. The Morgan fingerprint density at radius 3 is 1.50 bits per heavy atom. The van der Waals surface area contributed by atoms with Crippen LogP contribution in [0.25, 0.3) is 5.01 Å². The first-order valence-electron chi connectivity index (χ1n) is 4.66. The molecule has 0 heterocycles. The van der Waals surface area contributed by atoms with E-state index in [1.54, 1.807) is 0 Å². The van der Waals surface area contributed by atoms with Crippen LogP contribution in [0.2, 0.25) is 0 Å². The van der Waals surface area contributed by atoms with Crippen LogP contribution in [0, 0.1) is 45.9 Å². The summed E-state index contributed by atoms with van der Waals surface area (Å²) in [5, 5.41) is 13.0. The molecule has 0 saturated heterocycles. The van der Waals surface area contributed by atoms with Gasteiger partial charge in [-0.2, -0.15) is 0 Å². The van der Waals surface area contributed by atoms with Gasteiger partial charge in [0.2, 0.25) is 0 Å². The summed E-state index contributed by atoms with van der Waals surface area (Å²) >= 11 is 0. The van der Waals surface area contributed by atoms with Gasteiger partial charge in [-0.15, -0.1) is 0 Å².